The summed E-state index contributed by atoms with van der Waals surface area (Å²) in [6.45, 7) is 1.57. The predicted octanol–water partition coefficient (Wildman–Crippen LogP) is 3.30. The molecule has 0 aromatic rings. The monoisotopic (exact) mass is 164 g/mol. The maximum absolute atomic E-state index is 12.2. The van der Waals surface area contributed by atoms with Gasteiger partial charge in [-0.25, -0.2) is 0 Å². The zero-order valence-electron chi connectivity index (χ0n) is 6.41. The molecule has 0 fully saturated rings. The highest BCUT2D eigenvalue weighted by atomic mass is 19.4. The number of allylic oxidation sites excluding steroid dienone is 2. The molecule has 11 heavy (non-hydrogen) atoms. The second-order valence-corrected chi connectivity index (χ2v) is 2.97. The van der Waals surface area contributed by atoms with E-state index in [9.17, 15) is 13.2 Å². The van der Waals surface area contributed by atoms with Crippen LogP contribution in [0.25, 0.3) is 0 Å². The molecule has 0 aromatic carbocycles. The minimum absolute atomic E-state index is 0.270. The zero-order valence-corrected chi connectivity index (χ0v) is 6.41. The lowest BCUT2D eigenvalue weighted by molar-refractivity contribution is -0.166. The SMILES string of the molecule is CC1=CCCCC1C(F)(F)F. The summed E-state index contributed by atoms with van der Waals surface area (Å²) in [5.74, 6) is -1.17. The number of alkyl halides is 3. The van der Waals surface area contributed by atoms with E-state index in [4.69, 9.17) is 0 Å². The summed E-state index contributed by atoms with van der Waals surface area (Å²) in [4.78, 5) is 0. The number of hydrogen-bond acceptors (Lipinski definition) is 0. The van der Waals surface area contributed by atoms with E-state index in [1.807, 2.05) is 0 Å². The molecule has 0 N–H and O–H groups in total. The van der Waals surface area contributed by atoms with Gasteiger partial charge < -0.3 is 0 Å². The van der Waals surface area contributed by atoms with E-state index >= 15 is 0 Å². The van der Waals surface area contributed by atoms with Crippen molar-refractivity contribution in [2.75, 3.05) is 0 Å². The first-order valence-corrected chi connectivity index (χ1v) is 3.75. The van der Waals surface area contributed by atoms with Crippen molar-refractivity contribution in [2.45, 2.75) is 32.4 Å². The van der Waals surface area contributed by atoms with Crippen LogP contribution in [0.4, 0.5) is 13.2 Å². The second-order valence-electron chi connectivity index (χ2n) is 2.97. The Bertz CT molecular complexity index is 167. The molecule has 0 aliphatic heterocycles. The lowest BCUT2D eigenvalue weighted by atomic mass is 9.88. The van der Waals surface area contributed by atoms with Crippen molar-refractivity contribution < 1.29 is 13.2 Å². The van der Waals surface area contributed by atoms with Gasteiger partial charge in [-0.05, 0) is 26.2 Å². The lowest BCUT2D eigenvalue weighted by Crippen LogP contribution is -2.25. The van der Waals surface area contributed by atoms with Crippen LogP contribution in [0.3, 0.4) is 0 Å². The molecule has 0 heterocycles. The molecular formula is C8H11F3. The molecule has 1 unspecified atom stereocenters. The summed E-state index contributed by atoms with van der Waals surface area (Å²) in [6.07, 6.45) is -0.589. The van der Waals surface area contributed by atoms with Gasteiger partial charge in [0.2, 0.25) is 0 Å². The normalized spacial score (nSPS) is 26.5. The lowest BCUT2D eigenvalue weighted by Gasteiger charge is -2.23. The highest BCUT2D eigenvalue weighted by Gasteiger charge is 2.40. The minimum Gasteiger partial charge on any atom is -0.170 e. The molecule has 1 aliphatic rings. The molecule has 1 rings (SSSR count). The van der Waals surface area contributed by atoms with Crippen LogP contribution in [-0.4, -0.2) is 6.18 Å². The van der Waals surface area contributed by atoms with Gasteiger partial charge in [0.05, 0.1) is 5.92 Å². The van der Waals surface area contributed by atoms with Crippen LogP contribution in [0.1, 0.15) is 26.2 Å². The molecule has 0 amide bonds. The molecule has 0 radical (unpaired) electrons. The van der Waals surface area contributed by atoms with Crippen LogP contribution in [0.2, 0.25) is 0 Å². The Kier molecular flexibility index (Phi) is 2.25. The molecule has 3 heteroatoms. The molecule has 0 spiro atoms. The first kappa shape index (κ1) is 8.62. The van der Waals surface area contributed by atoms with Gasteiger partial charge in [0, 0.05) is 0 Å². The largest absolute Gasteiger partial charge is 0.395 e. The van der Waals surface area contributed by atoms with Gasteiger partial charge in [0.25, 0.3) is 0 Å². The Morgan fingerprint density at radius 3 is 2.45 bits per heavy atom. The van der Waals surface area contributed by atoms with Crippen LogP contribution in [-0.2, 0) is 0 Å². The van der Waals surface area contributed by atoms with E-state index in [0.717, 1.165) is 6.42 Å². The average molecular weight is 164 g/mol. The van der Waals surface area contributed by atoms with Gasteiger partial charge in [-0.1, -0.05) is 11.6 Å². The van der Waals surface area contributed by atoms with Crippen molar-refractivity contribution in [3.05, 3.63) is 11.6 Å². The Morgan fingerprint density at radius 1 is 1.45 bits per heavy atom. The highest BCUT2D eigenvalue weighted by Crippen LogP contribution is 2.37. The van der Waals surface area contributed by atoms with Crippen LogP contribution in [0, 0.1) is 5.92 Å². The maximum atomic E-state index is 12.2. The van der Waals surface area contributed by atoms with Crippen LogP contribution in [0.15, 0.2) is 11.6 Å². The Morgan fingerprint density at radius 2 is 2.09 bits per heavy atom. The molecule has 1 aliphatic carbocycles. The molecule has 0 saturated heterocycles. The van der Waals surface area contributed by atoms with Gasteiger partial charge >= 0.3 is 6.18 Å². The summed E-state index contributed by atoms with van der Waals surface area (Å²) >= 11 is 0. The fourth-order valence-corrected chi connectivity index (χ4v) is 1.44. The van der Waals surface area contributed by atoms with Gasteiger partial charge in [0.15, 0.2) is 0 Å². The van der Waals surface area contributed by atoms with Crippen molar-refractivity contribution in [2.24, 2.45) is 5.92 Å². The third kappa shape index (κ3) is 1.98. The summed E-state index contributed by atoms with van der Waals surface area (Å²) in [5, 5.41) is 0. The molecular weight excluding hydrogens is 153 g/mol. The minimum atomic E-state index is -4.03. The molecule has 0 bridgehead atoms. The van der Waals surface area contributed by atoms with Gasteiger partial charge in [-0.15, -0.1) is 0 Å². The van der Waals surface area contributed by atoms with Crippen LogP contribution < -0.4 is 0 Å². The zero-order chi connectivity index (χ0) is 8.48. The fourth-order valence-electron chi connectivity index (χ4n) is 1.44. The quantitative estimate of drug-likeness (QED) is 0.482. The molecule has 0 aromatic heterocycles. The first-order chi connectivity index (χ1) is 5.02. The third-order valence-electron chi connectivity index (χ3n) is 2.11. The Labute approximate surface area is 64.1 Å². The van der Waals surface area contributed by atoms with Crippen LogP contribution >= 0.6 is 0 Å². The van der Waals surface area contributed by atoms with Crippen molar-refractivity contribution in [3.8, 4) is 0 Å². The predicted molar refractivity (Wildman–Crippen MR) is 37.2 cm³/mol. The van der Waals surface area contributed by atoms with Gasteiger partial charge in [-0.3, -0.25) is 0 Å². The Hall–Kier alpha value is -0.470. The third-order valence-corrected chi connectivity index (χ3v) is 2.11. The van der Waals surface area contributed by atoms with E-state index in [1.165, 1.54) is 0 Å². The van der Waals surface area contributed by atoms with E-state index in [2.05, 4.69) is 0 Å². The van der Waals surface area contributed by atoms with E-state index in [0.29, 0.717) is 12.0 Å². The van der Waals surface area contributed by atoms with Crippen molar-refractivity contribution >= 4 is 0 Å². The average Bonchev–Trinajstić information content (AvgIpc) is 1.86. The van der Waals surface area contributed by atoms with Crippen molar-refractivity contribution in [1.82, 2.24) is 0 Å². The summed E-state index contributed by atoms with van der Waals surface area (Å²) in [7, 11) is 0. The van der Waals surface area contributed by atoms with E-state index < -0.39 is 12.1 Å². The summed E-state index contributed by atoms with van der Waals surface area (Å²) in [6, 6.07) is 0. The topological polar surface area (TPSA) is 0 Å². The van der Waals surface area contributed by atoms with E-state index in [1.54, 1.807) is 13.0 Å². The number of rotatable bonds is 0. The molecule has 0 saturated carbocycles. The molecule has 0 nitrogen and oxygen atoms in total. The molecule has 1 atom stereocenters. The second kappa shape index (κ2) is 2.88. The molecule has 64 valence electrons. The van der Waals surface area contributed by atoms with Gasteiger partial charge in [-0.2, -0.15) is 13.2 Å². The number of halogens is 3. The van der Waals surface area contributed by atoms with Crippen LogP contribution in [0.5, 0.6) is 0 Å². The Balaban J connectivity index is 2.71. The first-order valence-electron chi connectivity index (χ1n) is 3.75. The summed E-state index contributed by atoms with van der Waals surface area (Å²) in [5.41, 5.74) is 0.490. The number of hydrogen-bond donors (Lipinski definition) is 0. The highest BCUT2D eigenvalue weighted by molar-refractivity contribution is 5.08. The maximum Gasteiger partial charge on any atom is 0.395 e. The van der Waals surface area contributed by atoms with Gasteiger partial charge in [0.1, 0.15) is 0 Å². The van der Waals surface area contributed by atoms with E-state index in [-0.39, 0.29) is 6.42 Å². The summed E-state index contributed by atoms with van der Waals surface area (Å²) < 4.78 is 36.5. The smallest absolute Gasteiger partial charge is 0.170 e. The van der Waals surface area contributed by atoms with Crippen molar-refractivity contribution in [3.63, 3.8) is 0 Å². The van der Waals surface area contributed by atoms with Crippen molar-refractivity contribution in [1.29, 1.82) is 0 Å². The fraction of sp³-hybridized carbons (Fsp3) is 0.750. The standard InChI is InChI=1S/C8H11F3/c1-6-4-2-3-5-7(6)8(9,10)11/h4,7H,2-3,5H2,1H3.